The summed E-state index contributed by atoms with van der Waals surface area (Å²) in [5.74, 6) is 1.33. The fraction of sp³-hybridized carbons (Fsp3) is 0.235. The van der Waals surface area contributed by atoms with Crippen molar-refractivity contribution < 1.29 is 8.91 Å². The average Bonchev–Trinajstić information content (AvgIpc) is 2.99. The van der Waals surface area contributed by atoms with E-state index in [2.05, 4.69) is 20.3 Å². The zero-order chi connectivity index (χ0) is 15.8. The van der Waals surface area contributed by atoms with E-state index in [4.69, 9.17) is 4.52 Å². The second-order valence-electron chi connectivity index (χ2n) is 5.62. The van der Waals surface area contributed by atoms with Gasteiger partial charge in [-0.3, -0.25) is 0 Å². The summed E-state index contributed by atoms with van der Waals surface area (Å²) >= 11 is 0. The van der Waals surface area contributed by atoms with Crippen LogP contribution in [0.1, 0.15) is 17.0 Å². The number of halogens is 1. The van der Waals surface area contributed by atoms with Crippen LogP contribution >= 0.6 is 0 Å². The highest BCUT2D eigenvalue weighted by Gasteiger charge is 2.26. The van der Waals surface area contributed by atoms with Crippen LogP contribution in [0.2, 0.25) is 0 Å². The molecular formula is C17H15FN4O. The van der Waals surface area contributed by atoms with Crippen LogP contribution in [0.4, 0.5) is 10.2 Å². The molecule has 23 heavy (non-hydrogen) atoms. The van der Waals surface area contributed by atoms with Crippen molar-refractivity contribution in [3.63, 3.8) is 0 Å². The molecule has 6 heteroatoms. The van der Waals surface area contributed by atoms with Gasteiger partial charge in [-0.2, -0.15) is 5.10 Å². The normalized spacial score (nSPS) is 13.9. The molecule has 1 aromatic carbocycles. The highest BCUT2D eigenvalue weighted by molar-refractivity contribution is 5.65. The van der Waals surface area contributed by atoms with Gasteiger partial charge in [-0.05, 0) is 31.2 Å². The predicted octanol–water partition coefficient (Wildman–Crippen LogP) is 3.14. The van der Waals surface area contributed by atoms with Crippen molar-refractivity contribution in [3.05, 3.63) is 59.2 Å². The summed E-state index contributed by atoms with van der Waals surface area (Å²) in [5, 5.41) is 12.4. The minimum absolute atomic E-state index is 0.296. The maximum atomic E-state index is 14.1. The maximum absolute atomic E-state index is 14.1. The molecule has 0 aliphatic carbocycles. The van der Waals surface area contributed by atoms with Crippen molar-refractivity contribution in [1.82, 2.24) is 15.4 Å². The molecule has 0 saturated carbocycles. The SMILES string of the molecule is Cc1ccc(N2CCc3onc(-c4ccccc4F)c3C2)nn1. The lowest BCUT2D eigenvalue weighted by Gasteiger charge is -2.26. The van der Waals surface area contributed by atoms with Gasteiger partial charge in [0.1, 0.15) is 17.3 Å². The molecule has 1 aliphatic rings. The summed E-state index contributed by atoms with van der Waals surface area (Å²) in [6.07, 6.45) is 0.715. The van der Waals surface area contributed by atoms with Crippen molar-refractivity contribution in [1.29, 1.82) is 0 Å². The Kier molecular flexibility index (Phi) is 3.29. The van der Waals surface area contributed by atoms with Crippen LogP contribution in [-0.4, -0.2) is 21.9 Å². The lowest BCUT2D eigenvalue weighted by molar-refractivity contribution is 0.378. The molecule has 5 nitrogen and oxygen atoms in total. The van der Waals surface area contributed by atoms with Gasteiger partial charge in [0.15, 0.2) is 5.82 Å². The Morgan fingerprint density at radius 1 is 1.13 bits per heavy atom. The monoisotopic (exact) mass is 310 g/mol. The maximum Gasteiger partial charge on any atom is 0.151 e. The van der Waals surface area contributed by atoms with Gasteiger partial charge in [-0.15, -0.1) is 5.10 Å². The van der Waals surface area contributed by atoms with Crippen LogP contribution in [0.25, 0.3) is 11.3 Å². The van der Waals surface area contributed by atoms with Crippen molar-refractivity contribution in [2.75, 3.05) is 11.4 Å². The van der Waals surface area contributed by atoms with Gasteiger partial charge in [0.05, 0.1) is 12.2 Å². The Hall–Kier alpha value is -2.76. The second-order valence-corrected chi connectivity index (χ2v) is 5.62. The van der Waals surface area contributed by atoms with Gasteiger partial charge in [0.2, 0.25) is 0 Å². The predicted molar refractivity (Wildman–Crippen MR) is 83.4 cm³/mol. The molecule has 0 saturated heterocycles. The zero-order valence-electron chi connectivity index (χ0n) is 12.7. The van der Waals surface area contributed by atoms with E-state index in [0.717, 1.165) is 29.4 Å². The van der Waals surface area contributed by atoms with Crippen molar-refractivity contribution in [3.8, 4) is 11.3 Å². The van der Waals surface area contributed by atoms with E-state index < -0.39 is 0 Å². The Morgan fingerprint density at radius 2 is 2.00 bits per heavy atom. The molecular weight excluding hydrogens is 295 g/mol. The topological polar surface area (TPSA) is 55.1 Å². The molecule has 0 N–H and O–H groups in total. The number of benzene rings is 1. The number of anilines is 1. The number of rotatable bonds is 2. The molecule has 1 aliphatic heterocycles. The molecule has 0 unspecified atom stereocenters. The third-order valence-electron chi connectivity index (χ3n) is 4.06. The molecule has 116 valence electrons. The summed E-state index contributed by atoms with van der Waals surface area (Å²) in [7, 11) is 0. The van der Waals surface area contributed by atoms with Gasteiger partial charge in [0, 0.05) is 24.1 Å². The fourth-order valence-corrected chi connectivity index (χ4v) is 2.83. The van der Waals surface area contributed by atoms with E-state index in [9.17, 15) is 4.39 Å². The van der Waals surface area contributed by atoms with E-state index in [-0.39, 0.29) is 5.82 Å². The van der Waals surface area contributed by atoms with E-state index in [1.165, 1.54) is 6.07 Å². The molecule has 0 radical (unpaired) electrons. The van der Waals surface area contributed by atoms with Gasteiger partial charge < -0.3 is 9.42 Å². The van der Waals surface area contributed by atoms with E-state index in [0.29, 0.717) is 24.2 Å². The summed E-state index contributed by atoms with van der Waals surface area (Å²) in [6.45, 7) is 3.26. The lowest BCUT2D eigenvalue weighted by Crippen LogP contribution is -2.30. The van der Waals surface area contributed by atoms with Crippen molar-refractivity contribution in [2.24, 2.45) is 0 Å². The first-order valence-electron chi connectivity index (χ1n) is 7.50. The minimum Gasteiger partial charge on any atom is -0.360 e. The Bertz CT molecular complexity index is 844. The number of aromatic nitrogens is 3. The van der Waals surface area contributed by atoms with Gasteiger partial charge in [0.25, 0.3) is 0 Å². The summed E-state index contributed by atoms with van der Waals surface area (Å²) in [6, 6.07) is 10.5. The quantitative estimate of drug-likeness (QED) is 0.728. The van der Waals surface area contributed by atoms with Crippen molar-refractivity contribution >= 4 is 5.82 Å². The number of fused-ring (bicyclic) bond motifs is 1. The van der Waals surface area contributed by atoms with Crippen LogP contribution in [0.15, 0.2) is 40.9 Å². The van der Waals surface area contributed by atoms with Gasteiger partial charge in [-0.25, -0.2) is 4.39 Å². The molecule has 0 spiro atoms. The van der Waals surface area contributed by atoms with Crippen LogP contribution in [0.5, 0.6) is 0 Å². The minimum atomic E-state index is -0.296. The van der Waals surface area contributed by atoms with E-state index in [1.807, 2.05) is 19.1 Å². The molecule has 2 aromatic heterocycles. The first-order valence-corrected chi connectivity index (χ1v) is 7.50. The zero-order valence-corrected chi connectivity index (χ0v) is 12.7. The Labute approximate surface area is 132 Å². The largest absolute Gasteiger partial charge is 0.360 e. The number of hydrogen-bond donors (Lipinski definition) is 0. The summed E-state index contributed by atoms with van der Waals surface area (Å²) in [5.41, 5.74) is 2.84. The smallest absolute Gasteiger partial charge is 0.151 e. The van der Waals surface area contributed by atoms with Gasteiger partial charge in [-0.1, -0.05) is 17.3 Å². The van der Waals surface area contributed by atoms with Crippen molar-refractivity contribution in [2.45, 2.75) is 19.9 Å². The molecule has 0 bridgehead atoms. The first kappa shape index (κ1) is 13.9. The first-order chi connectivity index (χ1) is 11.2. The summed E-state index contributed by atoms with van der Waals surface area (Å²) in [4.78, 5) is 2.11. The third kappa shape index (κ3) is 2.46. The van der Waals surface area contributed by atoms with Crippen LogP contribution < -0.4 is 4.90 Å². The third-order valence-corrected chi connectivity index (χ3v) is 4.06. The standard InChI is InChI=1S/C17H15FN4O/c1-11-6-7-16(20-19-11)22-9-8-15-13(10-22)17(21-23-15)12-4-2-3-5-14(12)18/h2-7H,8-10H2,1H3. The lowest BCUT2D eigenvalue weighted by atomic mass is 10.0. The van der Waals surface area contributed by atoms with Gasteiger partial charge >= 0.3 is 0 Å². The molecule has 4 rings (SSSR count). The van der Waals surface area contributed by atoms with Crippen LogP contribution in [0.3, 0.4) is 0 Å². The van der Waals surface area contributed by atoms with Crippen LogP contribution in [-0.2, 0) is 13.0 Å². The molecule has 0 amide bonds. The highest BCUT2D eigenvalue weighted by Crippen LogP contribution is 2.32. The van der Waals surface area contributed by atoms with E-state index in [1.54, 1.807) is 18.2 Å². The molecule has 3 heterocycles. The molecule has 3 aromatic rings. The molecule has 0 atom stereocenters. The average molecular weight is 310 g/mol. The Balaban J connectivity index is 1.70. The van der Waals surface area contributed by atoms with Crippen LogP contribution in [0, 0.1) is 12.7 Å². The Morgan fingerprint density at radius 3 is 2.78 bits per heavy atom. The molecule has 0 fully saturated rings. The summed E-state index contributed by atoms with van der Waals surface area (Å²) < 4.78 is 19.5. The number of hydrogen-bond acceptors (Lipinski definition) is 5. The number of nitrogens with zero attached hydrogens (tertiary/aromatic N) is 4. The highest BCUT2D eigenvalue weighted by atomic mass is 19.1. The van der Waals surface area contributed by atoms with E-state index >= 15 is 0 Å². The number of aryl methyl sites for hydroxylation is 1. The fourth-order valence-electron chi connectivity index (χ4n) is 2.83. The second kappa shape index (κ2) is 5.46.